The highest BCUT2D eigenvalue weighted by Gasteiger charge is 2.30. The van der Waals surface area contributed by atoms with E-state index in [4.69, 9.17) is 4.74 Å². The van der Waals surface area contributed by atoms with Crippen LogP contribution in [0.3, 0.4) is 0 Å². The fourth-order valence-electron chi connectivity index (χ4n) is 1.57. The van der Waals surface area contributed by atoms with Crippen molar-refractivity contribution in [1.82, 2.24) is 4.72 Å². The van der Waals surface area contributed by atoms with Crippen LogP contribution in [0.1, 0.15) is 19.4 Å². The average Bonchev–Trinajstić information content (AvgIpc) is 2.26. The molecule has 1 aromatic rings. The molecule has 1 atom stereocenters. The van der Waals surface area contributed by atoms with Crippen LogP contribution in [-0.4, -0.2) is 27.2 Å². The zero-order valence-electron chi connectivity index (χ0n) is 10.6. The highest BCUT2D eigenvalue weighted by molar-refractivity contribution is 7.88. The number of carbonyl (C=O) groups is 1. The Morgan fingerprint density at radius 3 is 2.33 bits per heavy atom. The average molecular weight is 271 g/mol. The largest absolute Gasteiger partial charge is 0.453 e. The minimum absolute atomic E-state index is 0.00454. The lowest BCUT2D eigenvalue weighted by atomic mass is 9.96. The molecule has 6 heteroatoms. The molecule has 0 saturated carbocycles. The van der Waals surface area contributed by atoms with Crippen molar-refractivity contribution in [2.75, 3.05) is 12.8 Å². The Hall–Kier alpha value is -1.40. The summed E-state index contributed by atoms with van der Waals surface area (Å²) in [5.41, 5.74) is -0.285. The van der Waals surface area contributed by atoms with Gasteiger partial charge >= 0.3 is 5.97 Å². The molecule has 0 aliphatic rings. The molecule has 0 amide bonds. The fraction of sp³-hybridized carbons (Fsp3) is 0.417. The van der Waals surface area contributed by atoms with Crippen molar-refractivity contribution in [1.29, 1.82) is 0 Å². The van der Waals surface area contributed by atoms with Crippen molar-refractivity contribution in [3.63, 3.8) is 0 Å². The first-order chi connectivity index (χ1) is 8.23. The molecule has 1 N–H and O–H groups in total. The van der Waals surface area contributed by atoms with E-state index in [1.54, 1.807) is 31.2 Å². The molecule has 0 heterocycles. The highest BCUT2D eigenvalue weighted by atomic mass is 32.2. The molecule has 0 spiro atoms. The predicted molar refractivity (Wildman–Crippen MR) is 68.4 cm³/mol. The zero-order valence-corrected chi connectivity index (χ0v) is 11.5. The van der Waals surface area contributed by atoms with Crippen LogP contribution in [0.25, 0.3) is 0 Å². The maximum absolute atomic E-state index is 11.2. The summed E-state index contributed by atoms with van der Waals surface area (Å²) in [6.07, 6.45) is 1.06. The minimum atomic E-state index is -3.34. The second-order valence-corrected chi connectivity index (χ2v) is 6.12. The third-order valence-corrected chi connectivity index (χ3v) is 3.09. The van der Waals surface area contributed by atoms with Gasteiger partial charge in [0.1, 0.15) is 5.60 Å². The predicted octanol–water partition coefficient (Wildman–Crippen LogP) is 1.01. The lowest BCUT2D eigenvalue weighted by Crippen LogP contribution is -2.41. The quantitative estimate of drug-likeness (QED) is 0.811. The van der Waals surface area contributed by atoms with Crippen LogP contribution in [-0.2, 0) is 25.2 Å². The van der Waals surface area contributed by atoms with Crippen LogP contribution in [0, 0.1) is 0 Å². The number of esters is 1. The van der Waals surface area contributed by atoms with Gasteiger partial charge in [-0.25, -0.2) is 13.1 Å². The van der Waals surface area contributed by atoms with Gasteiger partial charge in [-0.3, -0.25) is 4.79 Å². The summed E-state index contributed by atoms with van der Waals surface area (Å²) in [5, 5.41) is 0. The van der Waals surface area contributed by atoms with Crippen LogP contribution >= 0.6 is 0 Å². The topological polar surface area (TPSA) is 72.5 Å². The molecule has 1 unspecified atom stereocenters. The van der Waals surface area contributed by atoms with Gasteiger partial charge in [0.05, 0.1) is 12.8 Å². The lowest BCUT2D eigenvalue weighted by Gasteiger charge is -2.29. The number of rotatable bonds is 5. The highest BCUT2D eigenvalue weighted by Crippen LogP contribution is 2.24. The zero-order chi connectivity index (χ0) is 13.8. The summed E-state index contributed by atoms with van der Waals surface area (Å²) in [4.78, 5) is 11.2. The molecule has 0 bridgehead atoms. The molecule has 0 aliphatic carbocycles. The first kappa shape index (κ1) is 14.7. The van der Waals surface area contributed by atoms with E-state index in [1.165, 1.54) is 6.92 Å². The van der Waals surface area contributed by atoms with Crippen LogP contribution in [0.2, 0.25) is 0 Å². The second-order valence-electron chi connectivity index (χ2n) is 4.28. The number of carbonyl (C=O) groups excluding carboxylic acids is 1. The van der Waals surface area contributed by atoms with Crippen LogP contribution in [0.15, 0.2) is 30.3 Å². The molecular formula is C12H17NO4S. The normalized spacial score (nSPS) is 14.8. The Morgan fingerprint density at radius 2 is 1.89 bits per heavy atom. The molecule has 0 radical (unpaired) electrons. The van der Waals surface area contributed by atoms with E-state index in [-0.39, 0.29) is 6.54 Å². The monoisotopic (exact) mass is 271 g/mol. The van der Waals surface area contributed by atoms with Crippen molar-refractivity contribution < 1.29 is 17.9 Å². The smallest absolute Gasteiger partial charge is 0.303 e. The Bertz CT molecular complexity index is 512. The van der Waals surface area contributed by atoms with E-state index in [0.717, 1.165) is 11.8 Å². The number of benzene rings is 1. The summed E-state index contributed by atoms with van der Waals surface area (Å²) < 4.78 is 29.9. The maximum atomic E-state index is 11.2. The minimum Gasteiger partial charge on any atom is -0.453 e. The van der Waals surface area contributed by atoms with E-state index in [2.05, 4.69) is 4.72 Å². The number of nitrogens with one attached hydrogen (secondary N) is 1. The Morgan fingerprint density at radius 1 is 1.33 bits per heavy atom. The van der Waals surface area contributed by atoms with Crippen molar-refractivity contribution >= 4 is 16.0 Å². The van der Waals surface area contributed by atoms with Crippen molar-refractivity contribution in [2.24, 2.45) is 0 Å². The summed E-state index contributed by atoms with van der Waals surface area (Å²) in [6, 6.07) is 9.01. The second kappa shape index (κ2) is 5.49. The standard InChI is InChI=1S/C12H17NO4S/c1-10(14)17-12(2,9-13-18(3,15)16)11-7-5-4-6-8-11/h4-8,13H,9H2,1-3H3. The van der Waals surface area contributed by atoms with Gasteiger partial charge in [-0.15, -0.1) is 0 Å². The molecule has 1 rings (SSSR count). The summed E-state index contributed by atoms with van der Waals surface area (Å²) in [7, 11) is -3.34. The van der Waals surface area contributed by atoms with E-state index in [0.29, 0.717) is 0 Å². The van der Waals surface area contributed by atoms with E-state index < -0.39 is 21.6 Å². The van der Waals surface area contributed by atoms with Crippen LogP contribution < -0.4 is 4.72 Å². The van der Waals surface area contributed by atoms with E-state index in [9.17, 15) is 13.2 Å². The van der Waals surface area contributed by atoms with Gasteiger partial charge in [-0.2, -0.15) is 0 Å². The number of ether oxygens (including phenoxy) is 1. The number of hydrogen-bond donors (Lipinski definition) is 1. The van der Waals surface area contributed by atoms with E-state index in [1.807, 2.05) is 6.07 Å². The third kappa shape index (κ3) is 4.46. The van der Waals surface area contributed by atoms with Gasteiger partial charge < -0.3 is 4.74 Å². The maximum Gasteiger partial charge on any atom is 0.303 e. The Labute approximate surface area is 107 Å². The summed E-state index contributed by atoms with van der Waals surface area (Å²) in [5.74, 6) is -0.461. The summed E-state index contributed by atoms with van der Waals surface area (Å²) >= 11 is 0. The molecular weight excluding hydrogens is 254 g/mol. The first-order valence-corrected chi connectivity index (χ1v) is 7.32. The Kier molecular flexibility index (Phi) is 4.48. The van der Waals surface area contributed by atoms with Crippen molar-refractivity contribution in [3.8, 4) is 0 Å². The molecule has 0 aromatic heterocycles. The lowest BCUT2D eigenvalue weighted by molar-refractivity contribution is -0.155. The molecule has 5 nitrogen and oxygen atoms in total. The van der Waals surface area contributed by atoms with Gasteiger partial charge in [0.25, 0.3) is 0 Å². The molecule has 0 aliphatic heterocycles. The van der Waals surface area contributed by atoms with Gasteiger partial charge in [-0.1, -0.05) is 30.3 Å². The Balaban J connectivity index is 2.99. The molecule has 18 heavy (non-hydrogen) atoms. The number of hydrogen-bond acceptors (Lipinski definition) is 4. The van der Waals surface area contributed by atoms with Crippen molar-refractivity contribution in [3.05, 3.63) is 35.9 Å². The number of sulfonamides is 1. The van der Waals surface area contributed by atoms with Gasteiger partial charge in [0.2, 0.25) is 10.0 Å². The van der Waals surface area contributed by atoms with Crippen molar-refractivity contribution in [2.45, 2.75) is 19.4 Å². The van der Waals surface area contributed by atoms with Gasteiger partial charge in [0.15, 0.2) is 0 Å². The first-order valence-electron chi connectivity index (χ1n) is 5.43. The summed E-state index contributed by atoms with van der Waals surface area (Å²) in [6.45, 7) is 2.96. The van der Waals surface area contributed by atoms with E-state index >= 15 is 0 Å². The van der Waals surface area contributed by atoms with Crippen LogP contribution in [0.4, 0.5) is 0 Å². The molecule has 0 saturated heterocycles. The molecule has 100 valence electrons. The molecule has 0 fully saturated rings. The molecule has 1 aromatic carbocycles. The van der Waals surface area contributed by atoms with Crippen LogP contribution in [0.5, 0.6) is 0 Å². The van der Waals surface area contributed by atoms with Gasteiger partial charge in [0, 0.05) is 6.92 Å². The SMILES string of the molecule is CC(=O)OC(C)(CNS(C)(=O)=O)c1ccccc1. The van der Waals surface area contributed by atoms with Gasteiger partial charge in [-0.05, 0) is 12.5 Å². The fourth-order valence-corrected chi connectivity index (χ4v) is 2.11. The third-order valence-electron chi connectivity index (χ3n) is 2.43.